The molecule has 1 atom stereocenters. The smallest absolute Gasteiger partial charge is 0.0558 e. The van der Waals surface area contributed by atoms with Crippen molar-refractivity contribution in [3.05, 3.63) is 0 Å². The number of rotatable bonds is 8. The zero-order valence-corrected chi connectivity index (χ0v) is 8.87. The van der Waals surface area contributed by atoms with E-state index in [-0.39, 0.29) is 13.2 Å². The summed E-state index contributed by atoms with van der Waals surface area (Å²) in [5, 5.41) is 17.7. The van der Waals surface area contributed by atoms with Crippen molar-refractivity contribution in [1.82, 2.24) is 4.90 Å². The maximum atomic E-state index is 8.89. The fraction of sp³-hybridized carbons (Fsp3) is 1.00. The van der Waals surface area contributed by atoms with Gasteiger partial charge in [0, 0.05) is 19.7 Å². The molecule has 0 bridgehead atoms. The quantitative estimate of drug-likeness (QED) is 0.591. The van der Waals surface area contributed by atoms with Crippen LogP contribution in [0.3, 0.4) is 0 Å². The van der Waals surface area contributed by atoms with Gasteiger partial charge < -0.3 is 15.1 Å². The minimum atomic E-state index is 0.210. The Labute approximate surface area is 81.4 Å². The topological polar surface area (TPSA) is 43.7 Å². The molecular weight excluding hydrogens is 166 g/mol. The molecule has 0 spiro atoms. The van der Waals surface area contributed by atoms with Crippen molar-refractivity contribution in [1.29, 1.82) is 0 Å². The molecule has 0 amide bonds. The first-order chi connectivity index (χ1) is 6.24. The summed E-state index contributed by atoms with van der Waals surface area (Å²) >= 11 is 0. The minimum absolute atomic E-state index is 0.210. The molecule has 2 N–H and O–H groups in total. The second kappa shape index (κ2) is 8.48. The molecule has 0 aromatic rings. The molecule has 0 saturated heterocycles. The highest BCUT2D eigenvalue weighted by molar-refractivity contribution is 4.61. The van der Waals surface area contributed by atoms with Crippen LogP contribution in [0.5, 0.6) is 0 Å². The summed E-state index contributed by atoms with van der Waals surface area (Å²) in [5.41, 5.74) is 0. The summed E-state index contributed by atoms with van der Waals surface area (Å²) in [6.07, 6.45) is 2.34. The summed E-state index contributed by atoms with van der Waals surface area (Å²) in [7, 11) is 0. The molecule has 0 aromatic heterocycles. The molecule has 0 radical (unpaired) electrons. The van der Waals surface area contributed by atoms with Crippen LogP contribution >= 0.6 is 0 Å². The molecule has 0 rings (SSSR count). The Morgan fingerprint density at radius 1 is 1.23 bits per heavy atom. The summed E-state index contributed by atoms with van der Waals surface area (Å²) in [6.45, 7) is 7.27. The zero-order chi connectivity index (χ0) is 10.1. The molecule has 0 aromatic carbocycles. The number of unbranched alkanes of at least 4 members (excludes halogenated alkanes) is 1. The molecule has 80 valence electrons. The third-order valence-electron chi connectivity index (χ3n) is 2.13. The molecule has 13 heavy (non-hydrogen) atoms. The first-order valence-corrected chi connectivity index (χ1v) is 5.18. The molecule has 3 heteroatoms. The van der Waals surface area contributed by atoms with Crippen LogP contribution in [0.15, 0.2) is 0 Å². The second-order valence-corrected chi connectivity index (χ2v) is 3.67. The standard InChI is InChI=1S/C10H23NO2/c1-3-4-5-11(6-7-12)8-10(2)9-13/h10,12-13H,3-9H2,1-2H3. The number of hydrogen-bond donors (Lipinski definition) is 2. The lowest BCUT2D eigenvalue weighted by Crippen LogP contribution is -2.33. The largest absolute Gasteiger partial charge is 0.396 e. The third-order valence-corrected chi connectivity index (χ3v) is 2.13. The van der Waals surface area contributed by atoms with Gasteiger partial charge in [-0.1, -0.05) is 20.3 Å². The van der Waals surface area contributed by atoms with Crippen LogP contribution in [0.4, 0.5) is 0 Å². The first-order valence-electron chi connectivity index (χ1n) is 5.18. The highest BCUT2D eigenvalue weighted by atomic mass is 16.3. The Bertz CT molecular complexity index is 109. The van der Waals surface area contributed by atoms with E-state index in [9.17, 15) is 0 Å². The molecular formula is C10H23NO2. The number of hydrogen-bond acceptors (Lipinski definition) is 3. The van der Waals surface area contributed by atoms with Crippen molar-refractivity contribution in [3.8, 4) is 0 Å². The molecule has 0 aliphatic heterocycles. The van der Waals surface area contributed by atoms with E-state index in [1.165, 1.54) is 6.42 Å². The SMILES string of the molecule is CCCCN(CCO)CC(C)CO. The van der Waals surface area contributed by atoms with E-state index in [4.69, 9.17) is 10.2 Å². The predicted molar refractivity (Wildman–Crippen MR) is 54.7 cm³/mol. The van der Waals surface area contributed by atoms with Crippen molar-refractivity contribution in [2.75, 3.05) is 32.8 Å². The lowest BCUT2D eigenvalue weighted by Gasteiger charge is -2.23. The van der Waals surface area contributed by atoms with Gasteiger partial charge in [0.15, 0.2) is 0 Å². The van der Waals surface area contributed by atoms with Crippen LogP contribution in [0.2, 0.25) is 0 Å². The van der Waals surface area contributed by atoms with Crippen LogP contribution in [0, 0.1) is 5.92 Å². The Balaban J connectivity index is 3.65. The second-order valence-electron chi connectivity index (χ2n) is 3.67. The Hall–Kier alpha value is -0.120. The normalized spacial score (nSPS) is 13.6. The number of aliphatic hydroxyl groups excluding tert-OH is 2. The zero-order valence-electron chi connectivity index (χ0n) is 8.87. The van der Waals surface area contributed by atoms with Gasteiger partial charge in [0.1, 0.15) is 0 Å². The van der Waals surface area contributed by atoms with E-state index in [1.807, 2.05) is 6.92 Å². The molecule has 0 aliphatic rings. The molecule has 0 fully saturated rings. The van der Waals surface area contributed by atoms with E-state index in [2.05, 4.69) is 11.8 Å². The van der Waals surface area contributed by atoms with Gasteiger partial charge in [-0.2, -0.15) is 0 Å². The average Bonchev–Trinajstić information content (AvgIpc) is 2.14. The molecule has 3 nitrogen and oxygen atoms in total. The molecule has 1 unspecified atom stereocenters. The molecule has 0 saturated carbocycles. The highest BCUT2D eigenvalue weighted by Crippen LogP contribution is 2.01. The van der Waals surface area contributed by atoms with Crippen molar-refractivity contribution in [2.45, 2.75) is 26.7 Å². The van der Waals surface area contributed by atoms with E-state index in [1.54, 1.807) is 0 Å². The van der Waals surface area contributed by atoms with Gasteiger partial charge in [0.2, 0.25) is 0 Å². The predicted octanol–water partition coefficient (Wildman–Crippen LogP) is 0.709. The first kappa shape index (κ1) is 12.9. The number of nitrogens with zero attached hydrogens (tertiary/aromatic N) is 1. The lowest BCUT2D eigenvalue weighted by molar-refractivity contribution is 0.146. The van der Waals surface area contributed by atoms with Crippen LogP contribution in [0.25, 0.3) is 0 Å². The Morgan fingerprint density at radius 3 is 2.38 bits per heavy atom. The maximum Gasteiger partial charge on any atom is 0.0558 e. The molecule has 0 heterocycles. The van der Waals surface area contributed by atoms with Gasteiger partial charge >= 0.3 is 0 Å². The monoisotopic (exact) mass is 189 g/mol. The lowest BCUT2D eigenvalue weighted by atomic mass is 10.2. The fourth-order valence-corrected chi connectivity index (χ4v) is 1.32. The van der Waals surface area contributed by atoms with Crippen molar-refractivity contribution in [2.24, 2.45) is 5.92 Å². The van der Waals surface area contributed by atoms with Crippen molar-refractivity contribution >= 4 is 0 Å². The maximum absolute atomic E-state index is 8.89. The van der Waals surface area contributed by atoms with Crippen molar-refractivity contribution < 1.29 is 10.2 Å². The van der Waals surface area contributed by atoms with E-state index >= 15 is 0 Å². The van der Waals surface area contributed by atoms with Crippen LogP contribution in [0.1, 0.15) is 26.7 Å². The number of aliphatic hydroxyl groups is 2. The summed E-state index contributed by atoms with van der Waals surface area (Å²) in [4.78, 5) is 2.21. The van der Waals surface area contributed by atoms with Crippen LogP contribution in [-0.4, -0.2) is 48.0 Å². The average molecular weight is 189 g/mol. The van der Waals surface area contributed by atoms with Crippen molar-refractivity contribution in [3.63, 3.8) is 0 Å². The fourth-order valence-electron chi connectivity index (χ4n) is 1.32. The summed E-state index contributed by atoms with van der Waals surface area (Å²) < 4.78 is 0. The van der Waals surface area contributed by atoms with E-state index in [0.717, 1.165) is 26.1 Å². The molecule has 0 aliphatic carbocycles. The van der Waals surface area contributed by atoms with Gasteiger partial charge in [0.05, 0.1) is 6.61 Å². The van der Waals surface area contributed by atoms with Gasteiger partial charge in [0.25, 0.3) is 0 Å². The van der Waals surface area contributed by atoms with Gasteiger partial charge in [-0.15, -0.1) is 0 Å². The van der Waals surface area contributed by atoms with Gasteiger partial charge in [-0.25, -0.2) is 0 Å². The highest BCUT2D eigenvalue weighted by Gasteiger charge is 2.07. The summed E-state index contributed by atoms with van der Waals surface area (Å²) in [6, 6.07) is 0. The van der Waals surface area contributed by atoms with Gasteiger partial charge in [-0.05, 0) is 18.9 Å². The third kappa shape index (κ3) is 6.99. The van der Waals surface area contributed by atoms with Crippen LogP contribution < -0.4 is 0 Å². The minimum Gasteiger partial charge on any atom is -0.396 e. The Kier molecular flexibility index (Phi) is 8.40. The van der Waals surface area contributed by atoms with E-state index in [0.29, 0.717) is 5.92 Å². The summed E-state index contributed by atoms with van der Waals surface area (Å²) in [5.74, 6) is 0.309. The van der Waals surface area contributed by atoms with Gasteiger partial charge in [-0.3, -0.25) is 0 Å². The Morgan fingerprint density at radius 2 is 1.92 bits per heavy atom. The van der Waals surface area contributed by atoms with Crippen LogP contribution in [-0.2, 0) is 0 Å². The van der Waals surface area contributed by atoms with E-state index < -0.39 is 0 Å².